The van der Waals surface area contributed by atoms with Crippen molar-refractivity contribution < 1.29 is 14.0 Å². The van der Waals surface area contributed by atoms with Crippen LogP contribution in [0.25, 0.3) is 0 Å². The highest BCUT2D eigenvalue weighted by molar-refractivity contribution is 6.22. The Bertz CT molecular complexity index is 534. The van der Waals surface area contributed by atoms with Crippen molar-refractivity contribution in [3.05, 3.63) is 24.0 Å². The zero-order chi connectivity index (χ0) is 13.6. The predicted molar refractivity (Wildman–Crippen MR) is 68.8 cm³/mol. The number of benzene rings is 1. The molecule has 2 fully saturated rings. The van der Waals surface area contributed by atoms with Crippen LogP contribution in [0, 0.1) is 17.7 Å². The summed E-state index contributed by atoms with van der Waals surface area (Å²) >= 11 is 0. The van der Waals surface area contributed by atoms with Gasteiger partial charge in [0.15, 0.2) is 0 Å². The number of anilines is 2. The maximum atomic E-state index is 13.8. The van der Waals surface area contributed by atoms with E-state index in [9.17, 15) is 14.0 Å². The molecule has 4 nitrogen and oxygen atoms in total. The Kier molecular flexibility index (Phi) is 2.77. The van der Waals surface area contributed by atoms with Gasteiger partial charge in [-0.3, -0.25) is 9.59 Å². The Morgan fingerprint density at radius 2 is 1.68 bits per heavy atom. The third-order valence-electron chi connectivity index (χ3n) is 4.05. The second kappa shape index (κ2) is 4.33. The molecule has 100 valence electrons. The number of amides is 2. The Hall–Kier alpha value is -1.91. The highest BCUT2D eigenvalue weighted by Crippen LogP contribution is 2.40. The molecule has 1 heterocycles. The minimum Gasteiger partial charge on any atom is -0.399 e. The number of nitrogen functional groups attached to an aromatic ring is 1. The number of halogens is 1. The van der Waals surface area contributed by atoms with Crippen molar-refractivity contribution in [2.75, 3.05) is 10.6 Å². The molecule has 0 aromatic heterocycles. The summed E-state index contributed by atoms with van der Waals surface area (Å²) in [5, 5.41) is 0. The number of rotatable bonds is 1. The third kappa shape index (κ3) is 1.80. The van der Waals surface area contributed by atoms with Crippen LogP contribution in [0.5, 0.6) is 0 Å². The van der Waals surface area contributed by atoms with E-state index in [-0.39, 0.29) is 29.3 Å². The first-order valence-electron chi connectivity index (χ1n) is 6.52. The van der Waals surface area contributed by atoms with E-state index in [4.69, 9.17) is 5.73 Å². The van der Waals surface area contributed by atoms with Gasteiger partial charge in [-0.25, -0.2) is 9.29 Å². The van der Waals surface area contributed by atoms with E-state index in [1.807, 2.05) is 0 Å². The normalized spacial score (nSPS) is 26.7. The molecular formula is C14H15FN2O2. The summed E-state index contributed by atoms with van der Waals surface area (Å²) in [6.07, 6.45) is 3.34. The standard InChI is InChI=1S/C14H15FN2O2/c15-11-6-5-8(16)7-12(11)17-13(18)9-3-1-2-4-10(9)14(17)19/h5-7,9-10H,1-4,16H2/t9-,10-/m0/s1. The molecule has 1 saturated heterocycles. The van der Waals surface area contributed by atoms with Crippen molar-refractivity contribution in [3.8, 4) is 0 Å². The second-order valence-corrected chi connectivity index (χ2v) is 5.22. The molecule has 2 aliphatic rings. The average molecular weight is 262 g/mol. The van der Waals surface area contributed by atoms with Crippen molar-refractivity contribution in [2.45, 2.75) is 25.7 Å². The van der Waals surface area contributed by atoms with Crippen LogP contribution in [0.15, 0.2) is 18.2 Å². The number of hydrogen-bond acceptors (Lipinski definition) is 3. The first kappa shape index (κ1) is 12.1. The highest BCUT2D eigenvalue weighted by atomic mass is 19.1. The Labute approximate surface area is 110 Å². The van der Waals surface area contributed by atoms with E-state index in [2.05, 4.69) is 0 Å². The predicted octanol–water partition coefficient (Wildman–Crippen LogP) is 2.09. The molecule has 5 heteroatoms. The molecule has 1 aromatic carbocycles. The van der Waals surface area contributed by atoms with Gasteiger partial charge in [0.05, 0.1) is 17.5 Å². The van der Waals surface area contributed by atoms with Gasteiger partial charge in [-0.1, -0.05) is 12.8 Å². The minimum absolute atomic E-state index is 0.00981. The number of nitrogens with two attached hydrogens (primary N) is 1. The molecule has 1 aromatic rings. The lowest BCUT2D eigenvalue weighted by Crippen LogP contribution is -2.31. The molecule has 2 atom stereocenters. The Balaban J connectivity index is 2.03. The number of carbonyl (C=O) groups is 2. The van der Waals surface area contributed by atoms with Gasteiger partial charge in [0.1, 0.15) is 5.82 Å². The lowest BCUT2D eigenvalue weighted by atomic mass is 9.81. The Morgan fingerprint density at radius 1 is 1.11 bits per heavy atom. The molecule has 19 heavy (non-hydrogen) atoms. The monoisotopic (exact) mass is 262 g/mol. The molecule has 0 spiro atoms. The second-order valence-electron chi connectivity index (χ2n) is 5.22. The van der Waals surface area contributed by atoms with Crippen LogP contribution in [-0.2, 0) is 9.59 Å². The van der Waals surface area contributed by atoms with Gasteiger partial charge < -0.3 is 5.73 Å². The maximum absolute atomic E-state index is 13.8. The summed E-state index contributed by atoms with van der Waals surface area (Å²) in [6.45, 7) is 0. The fraction of sp³-hybridized carbons (Fsp3) is 0.429. The molecule has 3 rings (SSSR count). The number of nitrogens with zero attached hydrogens (tertiary/aromatic N) is 1. The first-order valence-corrected chi connectivity index (χ1v) is 6.52. The van der Waals surface area contributed by atoms with Crippen LogP contribution >= 0.6 is 0 Å². The van der Waals surface area contributed by atoms with Gasteiger partial charge in [0.2, 0.25) is 11.8 Å². The smallest absolute Gasteiger partial charge is 0.237 e. The summed E-state index contributed by atoms with van der Waals surface area (Å²) in [7, 11) is 0. The molecule has 1 aliphatic heterocycles. The number of hydrogen-bond donors (Lipinski definition) is 1. The van der Waals surface area contributed by atoms with Gasteiger partial charge in [0.25, 0.3) is 0 Å². The maximum Gasteiger partial charge on any atom is 0.237 e. The molecule has 1 saturated carbocycles. The quantitative estimate of drug-likeness (QED) is 0.622. The van der Waals surface area contributed by atoms with Gasteiger partial charge in [-0.15, -0.1) is 0 Å². The van der Waals surface area contributed by atoms with Gasteiger partial charge in [0, 0.05) is 5.69 Å². The highest BCUT2D eigenvalue weighted by Gasteiger charge is 2.49. The van der Waals surface area contributed by atoms with E-state index < -0.39 is 5.82 Å². The van der Waals surface area contributed by atoms with E-state index in [1.165, 1.54) is 18.2 Å². The third-order valence-corrected chi connectivity index (χ3v) is 4.05. The van der Waals surface area contributed by atoms with E-state index in [0.717, 1.165) is 30.6 Å². The van der Waals surface area contributed by atoms with Crippen LogP contribution in [-0.4, -0.2) is 11.8 Å². The molecule has 2 N–H and O–H groups in total. The molecular weight excluding hydrogens is 247 g/mol. The van der Waals surface area contributed by atoms with Crippen molar-refractivity contribution in [2.24, 2.45) is 11.8 Å². The van der Waals surface area contributed by atoms with Crippen molar-refractivity contribution in [1.82, 2.24) is 0 Å². The Morgan fingerprint density at radius 3 is 2.26 bits per heavy atom. The van der Waals surface area contributed by atoms with Crippen LogP contribution in [0.3, 0.4) is 0 Å². The zero-order valence-corrected chi connectivity index (χ0v) is 10.4. The molecule has 0 radical (unpaired) electrons. The van der Waals surface area contributed by atoms with Gasteiger partial charge in [-0.05, 0) is 31.0 Å². The number of imide groups is 1. The minimum atomic E-state index is -0.588. The van der Waals surface area contributed by atoms with E-state index in [0.29, 0.717) is 5.69 Å². The van der Waals surface area contributed by atoms with Gasteiger partial charge >= 0.3 is 0 Å². The topological polar surface area (TPSA) is 63.4 Å². The summed E-state index contributed by atoms with van der Waals surface area (Å²) in [6, 6.07) is 3.95. The lowest BCUT2D eigenvalue weighted by Gasteiger charge is -2.19. The lowest BCUT2D eigenvalue weighted by molar-refractivity contribution is -0.122. The zero-order valence-electron chi connectivity index (χ0n) is 10.4. The van der Waals surface area contributed by atoms with Crippen molar-refractivity contribution in [3.63, 3.8) is 0 Å². The molecule has 0 unspecified atom stereocenters. The van der Waals surface area contributed by atoms with E-state index >= 15 is 0 Å². The molecule has 2 amide bonds. The van der Waals surface area contributed by atoms with Crippen LogP contribution in [0.4, 0.5) is 15.8 Å². The SMILES string of the molecule is Nc1ccc(F)c(N2C(=O)[C@H]3CCCC[C@@H]3C2=O)c1. The molecule has 1 aliphatic carbocycles. The summed E-state index contributed by atoms with van der Waals surface area (Å²) in [4.78, 5) is 25.6. The fourth-order valence-electron chi connectivity index (χ4n) is 3.10. The molecule has 0 bridgehead atoms. The van der Waals surface area contributed by atoms with Gasteiger partial charge in [-0.2, -0.15) is 0 Å². The van der Waals surface area contributed by atoms with E-state index in [1.54, 1.807) is 0 Å². The fourth-order valence-corrected chi connectivity index (χ4v) is 3.10. The summed E-state index contributed by atoms with van der Waals surface area (Å²) in [5.74, 6) is -1.70. The van der Waals surface area contributed by atoms with Crippen LogP contribution in [0.1, 0.15) is 25.7 Å². The largest absolute Gasteiger partial charge is 0.399 e. The van der Waals surface area contributed by atoms with Crippen LogP contribution in [0.2, 0.25) is 0 Å². The summed E-state index contributed by atoms with van der Waals surface area (Å²) < 4.78 is 13.8. The first-order chi connectivity index (χ1) is 9.09. The number of carbonyl (C=O) groups excluding carboxylic acids is 2. The number of fused-ring (bicyclic) bond motifs is 1. The van der Waals surface area contributed by atoms with Crippen molar-refractivity contribution in [1.29, 1.82) is 0 Å². The summed E-state index contributed by atoms with van der Waals surface area (Å²) in [5.41, 5.74) is 5.95. The van der Waals surface area contributed by atoms with Crippen molar-refractivity contribution >= 4 is 23.2 Å². The van der Waals surface area contributed by atoms with Crippen LogP contribution < -0.4 is 10.6 Å². The average Bonchev–Trinajstić information content (AvgIpc) is 2.66.